The number of para-hydroxylation sites is 1. The summed E-state index contributed by atoms with van der Waals surface area (Å²) >= 11 is 0.862. The van der Waals surface area contributed by atoms with Crippen LogP contribution in [0.15, 0.2) is 47.5 Å². The van der Waals surface area contributed by atoms with E-state index in [1.165, 1.54) is 26.2 Å². The Morgan fingerprint density at radius 2 is 1.84 bits per heavy atom. The van der Waals surface area contributed by atoms with Crippen LogP contribution in [-0.4, -0.2) is 34.6 Å². The Kier molecular flexibility index (Phi) is 6.64. The van der Waals surface area contributed by atoms with Crippen molar-refractivity contribution in [3.05, 3.63) is 48.3 Å². The van der Waals surface area contributed by atoms with Crippen molar-refractivity contribution < 1.29 is 27.5 Å². The summed E-state index contributed by atoms with van der Waals surface area (Å²) in [4.78, 5) is 30.9. The minimum Gasteiger partial charge on any atom is -0.495 e. The van der Waals surface area contributed by atoms with Crippen molar-refractivity contribution in [3.63, 3.8) is 0 Å². The summed E-state index contributed by atoms with van der Waals surface area (Å²) in [6.07, 6.45) is -4.71. The molecule has 2 N–H and O–H groups in total. The summed E-state index contributed by atoms with van der Waals surface area (Å²) in [5.74, 6) is -1.88. The standard InChI is InChI=1S/C20H17F3N4O3S/c1-11(28)24-12-7-8-16(30-2)15(9-12)25-17(29)10-31-18-13-5-3-4-6-14(13)26-19(27-18)20(21,22)23/h3-9H,10H2,1-2H3,(H,24,28)(H,25,29). The van der Waals surface area contributed by atoms with Crippen LogP contribution in [0, 0.1) is 0 Å². The second-order valence-corrected chi connectivity index (χ2v) is 7.26. The molecule has 7 nitrogen and oxygen atoms in total. The molecule has 0 radical (unpaired) electrons. The maximum atomic E-state index is 13.1. The van der Waals surface area contributed by atoms with Crippen LogP contribution in [0.1, 0.15) is 12.7 Å². The molecule has 0 aliphatic heterocycles. The van der Waals surface area contributed by atoms with E-state index < -0.39 is 17.9 Å². The number of thioether (sulfide) groups is 1. The molecule has 2 aromatic carbocycles. The lowest BCUT2D eigenvalue weighted by molar-refractivity contribution is -0.145. The number of ether oxygens (including phenoxy) is 1. The van der Waals surface area contributed by atoms with E-state index in [-0.39, 0.29) is 22.2 Å². The van der Waals surface area contributed by atoms with Gasteiger partial charge in [-0.25, -0.2) is 9.97 Å². The minimum absolute atomic E-state index is 0.0482. The highest BCUT2D eigenvalue weighted by Crippen LogP contribution is 2.32. The summed E-state index contributed by atoms with van der Waals surface area (Å²) < 4.78 is 44.6. The summed E-state index contributed by atoms with van der Waals surface area (Å²) in [5.41, 5.74) is 0.896. The number of rotatable bonds is 6. The Morgan fingerprint density at radius 3 is 2.52 bits per heavy atom. The molecule has 0 aliphatic rings. The second-order valence-electron chi connectivity index (χ2n) is 6.30. The highest BCUT2D eigenvalue weighted by atomic mass is 32.2. The molecule has 0 bridgehead atoms. The lowest BCUT2D eigenvalue weighted by atomic mass is 10.2. The van der Waals surface area contributed by atoms with Crippen LogP contribution in [0.2, 0.25) is 0 Å². The molecule has 0 spiro atoms. The van der Waals surface area contributed by atoms with Crippen molar-refractivity contribution >= 4 is 45.9 Å². The number of aromatic nitrogens is 2. The smallest absolute Gasteiger partial charge is 0.451 e. The maximum Gasteiger partial charge on any atom is 0.451 e. The molecule has 3 rings (SSSR count). The minimum atomic E-state index is -4.71. The predicted octanol–water partition coefficient (Wildman–Crippen LogP) is 4.35. The van der Waals surface area contributed by atoms with Gasteiger partial charge in [-0.15, -0.1) is 0 Å². The molecule has 0 fully saturated rings. The lowest BCUT2D eigenvalue weighted by Crippen LogP contribution is -2.16. The summed E-state index contributed by atoms with van der Waals surface area (Å²) in [6, 6.07) is 11.0. The maximum absolute atomic E-state index is 13.1. The van der Waals surface area contributed by atoms with Gasteiger partial charge in [0.25, 0.3) is 0 Å². The monoisotopic (exact) mass is 450 g/mol. The second kappa shape index (κ2) is 9.21. The normalized spacial score (nSPS) is 11.3. The molecule has 0 saturated carbocycles. The molecule has 2 amide bonds. The first kappa shape index (κ1) is 22.3. The Bertz CT molecular complexity index is 1140. The number of carbonyl (C=O) groups excluding carboxylic acids is 2. The quantitative estimate of drug-likeness (QED) is 0.429. The number of nitrogens with zero attached hydrogens (tertiary/aromatic N) is 2. The summed E-state index contributed by atoms with van der Waals surface area (Å²) in [5, 5.41) is 5.69. The molecule has 3 aromatic rings. The molecule has 31 heavy (non-hydrogen) atoms. The van der Waals surface area contributed by atoms with Crippen molar-refractivity contribution in [2.75, 3.05) is 23.5 Å². The first-order valence-corrected chi connectivity index (χ1v) is 9.88. The van der Waals surface area contributed by atoms with Crippen molar-refractivity contribution in [2.45, 2.75) is 18.1 Å². The topological polar surface area (TPSA) is 93.2 Å². The van der Waals surface area contributed by atoms with Crippen molar-refractivity contribution in [2.24, 2.45) is 0 Å². The number of methoxy groups -OCH3 is 1. The number of halogens is 3. The molecule has 0 saturated heterocycles. The fourth-order valence-electron chi connectivity index (χ4n) is 2.69. The van der Waals surface area contributed by atoms with Crippen LogP contribution in [0.25, 0.3) is 10.9 Å². The molecule has 0 aliphatic carbocycles. The summed E-state index contributed by atoms with van der Waals surface area (Å²) in [6.45, 7) is 1.35. The Labute approximate surface area is 179 Å². The van der Waals surface area contributed by atoms with E-state index in [0.29, 0.717) is 22.5 Å². The third-order valence-electron chi connectivity index (χ3n) is 3.96. The zero-order valence-electron chi connectivity index (χ0n) is 16.4. The molecule has 11 heteroatoms. The van der Waals surface area contributed by atoms with E-state index in [1.807, 2.05) is 0 Å². The highest BCUT2D eigenvalue weighted by Gasteiger charge is 2.35. The van der Waals surface area contributed by atoms with Crippen molar-refractivity contribution in [1.29, 1.82) is 0 Å². The van der Waals surface area contributed by atoms with E-state index in [0.717, 1.165) is 11.8 Å². The van der Waals surface area contributed by atoms with Gasteiger partial charge < -0.3 is 15.4 Å². The number of hydrogen-bond donors (Lipinski definition) is 2. The van der Waals surface area contributed by atoms with Gasteiger partial charge >= 0.3 is 6.18 Å². The number of fused-ring (bicyclic) bond motifs is 1. The van der Waals surface area contributed by atoms with Gasteiger partial charge in [-0.2, -0.15) is 13.2 Å². The van der Waals surface area contributed by atoms with Gasteiger partial charge in [0.2, 0.25) is 17.6 Å². The van der Waals surface area contributed by atoms with E-state index in [4.69, 9.17) is 4.74 Å². The van der Waals surface area contributed by atoms with Gasteiger partial charge in [0.05, 0.1) is 24.1 Å². The number of alkyl halides is 3. The Hall–Kier alpha value is -3.34. The van der Waals surface area contributed by atoms with Crippen LogP contribution in [0.5, 0.6) is 5.75 Å². The zero-order chi connectivity index (χ0) is 22.6. The van der Waals surface area contributed by atoms with Gasteiger partial charge in [-0.1, -0.05) is 30.0 Å². The lowest BCUT2D eigenvalue weighted by Gasteiger charge is -2.13. The largest absolute Gasteiger partial charge is 0.495 e. The van der Waals surface area contributed by atoms with Crippen LogP contribution in [0.3, 0.4) is 0 Å². The van der Waals surface area contributed by atoms with Crippen LogP contribution in [0.4, 0.5) is 24.5 Å². The first-order valence-electron chi connectivity index (χ1n) is 8.89. The SMILES string of the molecule is COc1ccc(NC(C)=O)cc1NC(=O)CSc1nc(C(F)(F)F)nc2ccccc12. The zero-order valence-corrected chi connectivity index (χ0v) is 17.2. The van der Waals surface area contributed by atoms with Crippen LogP contribution < -0.4 is 15.4 Å². The molecule has 1 heterocycles. The molecule has 0 atom stereocenters. The summed E-state index contributed by atoms with van der Waals surface area (Å²) in [7, 11) is 1.42. The molecule has 1 aromatic heterocycles. The van der Waals surface area contributed by atoms with E-state index >= 15 is 0 Å². The molecule has 0 unspecified atom stereocenters. The van der Waals surface area contributed by atoms with Crippen LogP contribution >= 0.6 is 11.8 Å². The number of hydrogen-bond acceptors (Lipinski definition) is 6. The third kappa shape index (κ3) is 5.63. The number of benzene rings is 2. The van der Waals surface area contributed by atoms with Crippen molar-refractivity contribution in [3.8, 4) is 5.75 Å². The molecule has 162 valence electrons. The van der Waals surface area contributed by atoms with Gasteiger partial charge in [-0.3, -0.25) is 9.59 Å². The molecular formula is C20H17F3N4O3S. The fraction of sp³-hybridized carbons (Fsp3) is 0.200. The van der Waals surface area contributed by atoms with Crippen molar-refractivity contribution in [1.82, 2.24) is 9.97 Å². The van der Waals surface area contributed by atoms with Gasteiger partial charge in [-0.05, 0) is 24.3 Å². The number of carbonyl (C=O) groups is 2. The Morgan fingerprint density at radius 1 is 1.10 bits per heavy atom. The number of anilines is 2. The number of amides is 2. The first-order chi connectivity index (χ1) is 14.7. The van der Waals surface area contributed by atoms with Crippen LogP contribution in [-0.2, 0) is 15.8 Å². The van der Waals surface area contributed by atoms with E-state index in [2.05, 4.69) is 20.6 Å². The van der Waals surface area contributed by atoms with Gasteiger partial charge in [0.15, 0.2) is 0 Å². The Balaban J connectivity index is 1.80. The highest BCUT2D eigenvalue weighted by molar-refractivity contribution is 8.00. The average Bonchev–Trinajstić information content (AvgIpc) is 2.71. The van der Waals surface area contributed by atoms with Gasteiger partial charge in [0, 0.05) is 18.0 Å². The average molecular weight is 450 g/mol. The fourth-order valence-corrected chi connectivity index (χ4v) is 3.51. The predicted molar refractivity (Wildman–Crippen MR) is 111 cm³/mol. The molecular weight excluding hydrogens is 433 g/mol. The van der Waals surface area contributed by atoms with Gasteiger partial charge in [0.1, 0.15) is 10.8 Å². The van der Waals surface area contributed by atoms with E-state index in [1.54, 1.807) is 30.3 Å². The third-order valence-corrected chi connectivity index (χ3v) is 4.95. The number of nitrogens with one attached hydrogen (secondary N) is 2. The van der Waals surface area contributed by atoms with E-state index in [9.17, 15) is 22.8 Å².